The molecule has 2 aliphatic heterocycles. The number of fused-ring (bicyclic) bond motifs is 1. The van der Waals surface area contributed by atoms with Crippen molar-refractivity contribution in [3.63, 3.8) is 0 Å². The quantitative estimate of drug-likeness (QED) is 0.308. The second-order valence-corrected chi connectivity index (χ2v) is 8.31. The molecule has 3 aromatic carbocycles. The lowest BCUT2D eigenvalue weighted by molar-refractivity contribution is -0.132. The van der Waals surface area contributed by atoms with E-state index in [1.165, 1.54) is 4.90 Å². The summed E-state index contributed by atoms with van der Waals surface area (Å²) in [5.74, 6) is -0.284. The van der Waals surface area contributed by atoms with E-state index >= 15 is 0 Å². The van der Waals surface area contributed by atoms with E-state index < -0.39 is 17.7 Å². The number of nitrogens with zero attached hydrogens (tertiary/aromatic N) is 2. The molecular weight excluding hydrogens is 460 g/mol. The number of ether oxygens (including phenoxy) is 3. The smallest absolute Gasteiger partial charge is 0.300 e. The highest BCUT2D eigenvalue weighted by Crippen LogP contribution is 2.43. The predicted octanol–water partition coefficient (Wildman–Crippen LogP) is 4.70. The summed E-state index contributed by atoms with van der Waals surface area (Å²) in [6.45, 7) is 2.64. The molecule has 0 aliphatic carbocycles. The molecule has 1 atom stereocenters. The Bertz CT molecular complexity index is 1400. The second kappa shape index (κ2) is 9.47. The molecule has 0 bridgehead atoms. The third-order valence-corrected chi connectivity index (χ3v) is 6.03. The van der Waals surface area contributed by atoms with Gasteiger partial charge >= 0.3 is 0 Å². The minimum absolute atomic E-state index is 0.0505. The van der Waals surface area contributed by atoms with Gasteiger partial charge in [0.15, 0.2) is 11.5 Å². The van der Waals surface area contributed by atoms with Gasteiger partial charge in [-0.25, -0.2) is 0 Å². The Morgan fingerprint density at radius 3 is 2.47 bits per heavy atom. The van der Waals surface area contributed by atoms with Crippen molar-refractivity contribution in [2.45, 2.75) is 19.4 Å². The summed E-state index contributed by atoms with van der Waals surface area (Å²) in [6.07, 6.45) is 0.857. The van der Waals surface area contributed by atoms with Crippen LogP contribution < -0.4 is 19.1 Å². The number of benzene rings is 3. The van der Waals surface area contributed by atoms with E-state index in [-0.39, 0.29) is 18.1 Å². The maximum atomic E-state index is 13.3. The minimum Gasteiger partial charge on any atom is -0.507 e. The van der Waals surface area contributed by atoms with E-state index in [0.717, 1.165) is 6.42 Å². The summed E-state index contributed by atoms with van der Waals surface area (Å²) >= 11 is 0. The Hall–Kier alpha value is -4.77. The van der Waals surface area contributed by atoms with Crippen LogP contribution in [0.5, 0.6) is 17.2 Å². The molecule has 0 aromatic heterocycles. The van der Waals surface area contributed by atoms with Gasteiger partial charge in [-0.05, 0) is 66.6 Å². The molecule has 180 valence electrons. The zero-order chi connectivity index (χ0) is 25.2. The summed E-state index contributed by atoms with van der Waals surface area (Å²) < 4.78 is 16.4. The van der Waals surface area contributed by atoms with Crippen LogP contribution in [0, 0.1) is 11.3 Å². The van der Waals surface area contributed by atoms with E-state index in [0.29, 0.717) is 46.2 Å². The molecule has 0 spiro atoms. The highest BCUT2D eigenvalue weighted by molar-refractivity contribution is 6.51. The number of carbonyl (C=O) groups excluding carboxylic acids is 2. The molecule has 1 saturated heterocycles. The molecule has 8 heteroatoms. The van der Waals surface area contributed by atoms with Gasteiger partial charge < -0.3 is 19.3 Å². The molecule has 36 heavy (non-hydrogen) atoms. The lowest BCUT2D eigenvalue weighted by Gasteiger charge is -2.25. The zero-order valence-electron chi connectivity index (χ0n) is 19.4. The van der Waals surface area contributed by atoms with Crippen LogP contribution in [0.2, 0.25) is 0 Å². The van der Waals surface area contributed by atoms with Crippen LogP contribution in [0.3, 0.4) is 0 Å². The van der Waals surface area contributed by atoms with E-state index in [2.05, 4.69) is 0 Å². The molecule has 2 aliphatic rings. The van der Waals surface area contributed by atoms with Crippen molar-refractivity contribution in [1.29, 1.82) is 5.26 Å². The van der Waals surface area contributed by atoms with Gasteiger partial charge in [-0.3, -0.25) is 14.5 Å². The van der Waals surface area contributed by atoms with Crippen molar-refractivity contribution in [2.75, 3.05) is 18.3 Å². The first-order valence-corrected chi connectivity index (χ1v) is 11.5. The molecule has 0 saturated carbocycles. The molecule has 8 nitrogen and oxygen atoms in total. The highest BCUT2D eigenvalue weighted by Gasteiger charge is 2.47. The van der Waals surface area contributed by atoms with Crippen molar-refractivity contribution >= 4 is 23.1 Å². The lowest BCUT2D eigenvalue weighted by atomic mass is 9.95. The number of rotatable bonds is 6. The number of hydrogen-bond acceptors (Lipinski definition) is 7. The van der Waals surface area contributed by atoms with Crippen LogP contribution in [0.15, 0.2) is 72.3 Å². The van der Waals surface area contributed by atoms with Crippen LogP contribution in [0.4, 0.5) is 5.69 Å². The van der Waals surface area contributed by atoms with Crippen LogP contribution in [0.25, 0.3) is 5.76 Å². The summed E-state index contributed by atoms with van der Waals surface area (Å²) in [7, 11) is 0. The molecule has 2 heterocycles. The van der Waals surface area contributed by atoms with E-state index in [1.54, 1.807) is 66.7 Å². The first-order valence-electron chi connectivity index (χ1n) is 11.5. The van der Waals surface area contributed by atoms with E-state index in [1.807, 2.05) is 13.0 Å². The van der Waals surface area contributed by atoms with Crippen molar-refractivity contribution in [2.24, 2.45) is 0 Å². The first-order chi connectivity index (χ1) is 17.5. The van der Waals surface area contributed by atoms with Gasteiger partial charge in [0.25, 0.3) is 11.7 Å². The Morgan fingerprint density at radius 1 is 1.06 bits per heavy atom. The number of ketones is 1. The van der Waals surface area contributed by atoms with E-state index in [9.17, 15) is 14.7 Å². The maximum Gasteiger partial charge on any atom is 0.300 e. The van der Waals surface area contributed by atoms with Gasteiger partial charge in [0.2, 0.25) is 6.79 Å². The third-order valence-electron chi connectivity index (χ3n) is 6.03. The maximum absolute atomic E-state index is 13.3. The number of amides is 1. The van der Waals surface area contributed by atoms with Gasteiger partial charge in [-0.1, -0.05) is 19.1 Å². The molecule has 0 radical (unpaired) electrons. The summed E-state index contributed by atoms with van der Waals surface area (Å²) in [4.78, 5) is 27.9. The average molecular weight is 482 g/mol. The average Bonchev–Trinajstić information content (AvgIpc) is 3.49. The number of carbonyl (C=O) groups is 2. The second-order valence-electron chi connectivity index (χ2n) is 8.31. The van der Waals surface area contributed by atoms with Gasteiger partial charge in [0.1, 0.15) is 11.5 Å². The van der Waals surface area contributed by atoms with Crippen LogP contribution in [-0.4, -0.2) is 30.2 Å². The van der Waals surface area contributed by atoms with Crippen molar-refractivity contribution < 1.29 is 28.9 Å². The largest absolute Gasteiger partial charge is 0.507 e. The standard InChI is InChI=1S/C28H22N2O6/c1-2-13-34-21-10-5-18(6-11-21)25-24(26(31)19-7-12-22-23(14-19)36-16-35-22)27(32)28(33)30(25)20-8-3-17(15-29)4-9-20/h3-12,14,25,31H,2,13,16H2,1H3/b26-24-. The van der Waals surface area contributed by atoms with Crippen LogP contribution in [-0.2, 0) is 9.59 Å². The summed E-state index contributed by atoms with van der Waals surface area (Å²) in [5, 5.41) is 20.5. The monoisotopic (exact) mass is 482 g/mol. The van der Waals surface area contributed by atoms with Crippen LogP contribution in [0.1, 0.15) is 36.1 Å². The predicted molar refractivity (Wildman–Crippen MR) is 131 cm³/mol. The molecule has 3 aromatic rings. The Balaban J connectivity index is 1.64. The number of nitriles is 1. The normalized spacial score (nSPS) is 17.8. The minimum atomic E-state index is -0.899. The molecule has 1 N–H and O–H groups in total. The fourth-order valence-electron chi connectivity index (χ4n) is 4.28. The topological polar surface area (TPSA) is 109 Å². The molecule has 5 rings (SSSR count). The Kier molecular flexibility index (Phi) is 6.05. The molecule has 1 unspecified atom stereocenters. The van der Waals surface area contributed by atoms with Crippen LogP contribution >= 0.6 is 0 Å². The van der Waals surface area contributed by atoms with Gasteiger partial charge in [0.05, 0.1) is 29.9 Å². The fraction of sp³-hybridized carbons (Fsp3) is 0.179. The lowest BCUT2D eigenvalue weighted by Crippen LogP contribution is -2.29. The Labute approximate surface area is 207 Å². The SMILES string of the molecule is CCCOc1ccc(C2/C(=C(/O)c3ccc4c(c3)OCO4)C(=O)C(=O)N2c2ccc(C#N)cc2)cc1. The van der Waals surface area contributed by atoms with Crippen molar-refractivity contribution in [1.82, 2.24) is 0 Å². The molecule has 1 amide bonds. The van der Waals surface area contributed by atoms with Gasteiger partial charge in [-0.2, -0.15) is 5.26 Å². The molecular formula is C28H22N2O6. The molecule has 1 fully saturated rings. The van der Waals surface area contributed by atoms with Gasteiger partial charge in [0, 0.05) is 11.3 Å². The number of anilines is 1. The zero-order valence-corrected chi connectivity index (χ0v) is 19.4. The summed E-state index contributed by atoms with van der Waals surface area (Å²) in [6, 6.07) is 19.4. The number of Topliss-reactive ketones (excluding diaryl/α,β-unsaturated/α-hetero) is 1. The first kappa shape index (κ1) is 23.0. The van der Waals surface area contributed by atoms with Crippen molar-refractivity contribution in [3.05, 3.63) is 89.0 Å². The number of aliphatic hydroxyl groups is 1. The number of hydrogen-bond donors (Lipinski definition) is 1. The van der Waals surface area contributed by atoms with E-state index in [4.69, 9.17) is 19.5 Å². The summed E-state index contributed by atoms with van der Waals surface area (Å²) in [5.41, 5.74) is 1.74. The fourth-order valence-corrected chi connectivity index (χ4v) is 4.28. The van der Waals surface area contributed by atoms with Gasteiger partial charge in [-0.15, -0.1) is 0 Å². The highest BCUT2D eigenvalue weighted by atomic mass is 16.7. The van der Waals surface area contributed by atoms with Crippen molar-refractivity contribution in [3.8, 4) is 23.3 Å². The number of aliphatic hydroxyl groups excluding tert-OH is 1. The third kappa shape index (κ3) is 4.01. The Morgan fingerprint density at radius 2 is 1.78 bits per heavy atom.